The molecule has 0 fully saturated rings. The molecule has 0 aliphatic rings. The Morgan fingerprint density at radius 2 is 1.85 bits per heavy atom. The van der Waals surface area contributed by atoms with Gasteiger partial charge in [-0.25, -0.2) is 0 Å². The van der Waals surface area contributed by atoms with Gasteiger partial charge in [0.05, 0.1) is 22.4 Å². The highest BCUT2D eigenvalue weighted by Gasteiger charge is 2.16. The largest absolute Gasteiger partial charge is 0.366 e. The van der Waals surface area contributed by atoms with Crippen LogP contribution in [-0.4, -0.2) is 16.3 Å². The van der Waals surface area contributed by atoms with Crippen LogP contribution < -0.4 is 4.90 Å². The van der Waals surface area contributed by atoms with E-state index in [4.69, 9.17) is 0 Å². The molecule has 4 heteroatoms. The van der Waals surface area contributed by atoms with Gasteiger partial charge < -0.3 is 4.90 Å². The van der Waals surface area contributed by atoms with E-state index in [2.05, 4.69) is 81.7 Å². The first-order valence-electron chi connectivity index (χ1n) is 7.25. The second-order valence-electron chi connectivity index (χ2n) is 4.73. The van der Waals surface area contributed by atoms with E-state index in [1.807, 2.05) is 0 Å². The maximum absolute atomic E-state index is 4.67. The van der Waals surface area contributed by atoms with Gasteiger partial charge in [-0.2, -0.15) is 5.10 Å². The van der Waals surface area contributed by atoms with Crippen LogP contribution >= 0.6 is 15.9 Å². The van der Waals surface area contributed by atoms with Crippen molar-refractivity contribution < 1.29 is 0 Å². The Balaban J connectivity index is 2.30. The van der Waals surface area contributed by atoms with Crippen molar-refractivity contribution in [1.82, 2.24) is 9.78 Å². The first kappa shape index (κ1) is 15.1. The van der Waals surface area contributed by atoms with Crippen molar-refractivity contribution in [3.05, 3.63) is 46.2 Å². The summed E-state index contributed by atoms with van der Waals surface area (Å²) in [6, 6.07) is 10.5. The highest BCUT2D eigenvalue weighted by atomic mass is 79.9. The van der Waals surface area contributed by atoms with Gasteiger partial charge in [0.15, 0.2) is 0 Å². The average molecular weight is 336 g/mol. The first-order valence-corrected chi connectivity index (χ1v) is 8.04. The Hall–Kier alpha value is -1.29. The molecule has 3 nitrogen and oxygen atoms in total. The summed E-state index contributed by atoms with van der Waals surface area (Å²) in [5.41, 5.74) is 3.66. The molecule has 2 aromatic rings. The van der Waals surface area contributed by atoms with Crippen LogP contribution in [0.3, 0.4) is 0 Å². The molecule has 0 aliphatic carbocycles. The van der Waals surface area contributed by atoms with Gasteiger partial charge in [0.2, 0.25) is 0 Å². The van der Waals surface area contributed by atoms with E-state index in [-0.39, 0.29) is 0 Å². The van der Waals surface area contributed by atoms with E-state index in [9.17, 15) is 0 Å². The Labute approximate surface area is 129 Å². The maximum atomic E-state index is 4.67. The average Bonchev–Trinajstić information content (AvgIpc) is 2.81. The Bertz CT molecular complexity index is 548. The van der Waals surface area contributed by atoms with E-state index < -0.39 is 0 Å². The quantitative estimate of drug-likeness (QED) is 0.786. The summed E-state index contributed by atoms with van der Waals surface area (Å²) in [6.45, 7) is 9.23. The molecule has 0 N–H and O–H groups in total. The molecule has 0 atom stereocenters. The number of aryl methyl sites for hydroxylation is 2. The summed E-state index contributed by atoms with van der Waals surface area (Å²) in [6.07, 6.45) is 0.956. The van der Waals surface area contributed by atoms with Crippen molar-refractivity contribution in [2.75, 3.05) is 11.4 Å². The van der Waals surface area contributed by atoms with E-state index in [0.717, 1.165) is 36.2 Å². The topological polar surface area (TPSA) is 21.1 Å². The number of para-hydroxylation sites is 1. The zero-order valence-electron chi connectivity index (χ0n) is 12.4. The molecule has 0 bridgehead atoms. The minimum Gasteiger partial charge on any atom is -0.366 e. The van der Waals surface area contributed by atoms with Crippen LogP contribution in [0.15, 0.2) is 34.8 Å². The van der Waals surface area contributed by atoms with Crippen molar-refractivity contribution in [3.63, 3.8) is 0 Å². The number of hydrogen-bond donors (Lipinski definition) is 0. The van der Waals surface area contributed by atoms with Crippen LogP contribution in [0.5, 0.6) is 0 Å². The van der Waals surface area contributed by atoms with Gasteiger partial charge in [-0.15, -0.1) is 0 Å². The van der Waals surface area contributed by atoms with E-state index >= 15 is 0 Å². The molecule has 0 unspecified atom stereocenters. The van der Waals surface area contributed by atoms with Crippen molar-refractivity contribution in [3.8, 4) is 0 Å². The molecule has 108 valence electrons. The Kier molecular flexibility index (Phi) is 5.24. The molecule has 0 saturated heterocycles. The van der Waals surface area contributed by atoms with E-state index in [0.29, 0.717) is 0 Å². The van der Waals surface area contributed by atoms with Gasteiger partial charge in [-0.1, -0.05) is 25.1 Å². The normalized spacial score (nSPS) is 10.8. The zero-order chi connectivity index (χ0) is 14.5. The lowest BCUT2D eigenvalue weighted by Gasteiger charge is -2.23. The molecule has 0 aliphatic heterocycles. The van der Waals surface area contributed by atoms with Crippen molar-refractivity contribution in [2.24, 2.45) is 0 Å². The molecule has 0 spiro atoms. The predicted molar refractivity (Wildman–Crippen MR) is 88.1 cm³/mol. The fraction of sp³-hybridized carbons (Fsp3) is 0.438. The Morgan fingerprint density at radius 3 is 2.40 bits per heavy atom. The van der Waals surface area contributed by atoms with Crippen LogP contribution in [0.1, 0.15) is 32.2 Å². The molecule has 0 amide bonds. The van der Waals surface area contributed by atoms with Crippen LogP contribution in [0.2, 0.25) is 0 Å². The van der Waals surface area contributed by atoms with Gasteiger partial charge in [0.1, 0.15) is 0 Å². The number of nitrogens with zero attached hydrogens (tertiary/aromatic N) is 3. The molecule has 1 aromatic carbocycles. The SMILES string of the molecule is CCc1nn(CC)c(CN(CC)c2ccccc2)c1Br. The highest BCUT2D eigenvalue weighted by Crippen LogP contribution is 2.25. The highest BCUT2D eigenvalue weighted by molar-refractivity contribution is 9.10. The smallest absolute Gasteiger partial charge is 0.0767 e. The maximum Gasteiger partial charge on any atom is 0.0767 e. The third kappa shape index (κ3) is 3.06. The van der Waals surface area contributed by atoms with E-state index in [1.165, 1.54) is 11.4 Å². The molecule has 1 aromatic heterocycles. The Morgan fingerprint density at radius 1 is 1.15 bits per heavy atom. The summed E-state index contributed by atoms with van der Waals surface area (Å²) in [4.78, 5) is 2.37. The van der Waals surface area contributed by atoms with Crippen molar-refractivity contribution >= 4 is 21.6 Å². The van der Waals surface area contributed by atoms with Gasteiger partial charge >= 0.3 is 0 Å². The third-order valence-electron chi connectivity index (χ3n) is 3.54. The van der Waals surface area contributed by atoms with Gasteiger partial charge in [-0.05, 0) is 48.3 Å². The number of aromatic nitrogens is 2. The molecule has 1 heterocycles. The van der Waals surface area contributed by atoms with Gasteiger partial charge in [0, 0.05) is 18.8 Å². The van der Waals surface area contributed by atoms with Crippen LogP contribution in [0.25, 0.3) is 0 Å². The predicted octanol–water partition coefficient (Wildman–Crippen LogP) is 4.25. The van der Waals surface area contributed by atoms with Gasteiger partial charge in [0.25, 0.3) is 0 Å². The second-order valence-corrected chi connectivity index (χ2v) is 5.52. The lowest BCUT2D eigenvalue weighted by atomic mass is 10.2. The van der Waals surface area contributed by atoms with Crippen LogP contribution in [-0.2, 0) is 19.5 Å². The second kappa shape index (κ2) is 6.93. The summed E-state index contributed by atoms with van der Waals surface area (Å²) in [5, 5.41) is 4.67. The zero-order valence-corrected chi connectivity index (χ0v) is 14.0. The van der Waals surface area contributed by atoms with Crippen LogP contribution in [0.4, 0.5) is 5.69 Å². The number of anilines is 1. The summed E-state index contributed by atoms with van der Waals surface area (Å²) < 4.78 is 3.27. The summed E-state index contributed by atoms with van der Waals surface area (Å²) in [7, 11) is 0. The first-order chi connectivity index (χ1) is 9.71. The molecular formula is C16H22BrN3. The molecule has 20 heavy (non-hydrogen) atoms. The van der Waals surface area contributed by atoms with E-state index in [1.54, 1.807) is 0 Å². The lowest BCUT2D eigenvalue weighted by Crippen LogP contribution is -2.24. The summed E-state index contributed by atoms with van der Waals surface area (Å²) in [5.74, 6) is 0. The fourth-order valence-electron chi connectivity index (χ4n) is 2.37. The fourth-order valence-corrected chi connectivity index (χ4v) is 3.06. The third-order valence-corrected chi connectivity index (χ3v) is 4.45. The minimum absolute atomic E-state index is 0.877. The minimum atomic E-state index is 0.877. The van der Waals surface area contributed by atoms with Crippen LogP contribution in [0, 0.1) is 0 Å². The molecule has 2 rings (SSSR count). The summed E-state index contributed by atoms with van der Waals surface area (Å²) >= 11 is 3.72. The lowest BCUT2D eigenvalue weighted by molar-refractivity contribution is 0.604. The number of rotatable bonds is 6. The number of halogens is 1. The standard InChI is InChI=1S/C16H22BrN3/c1-4-14-16(17)15(20(6-3)18-14)12-19(5-2)13-10-8-7-9-11-13/h7-11H,4-6,12H2,1-3H3. The molecule has 0 saturated carbocycles. The monoisotopic (exact) mass is 335 g/mol. The van der Waals surface area contributed by atoms with Gasteiger partial charge in [-0.3, -0.25) is 4.68 Å². The number of benzene rings is 1. The number of hydrogen-bond acceptors (Lipinski definition) is 2. The molecule has 0 radical (unpaired) electrons. The molecular weight excluding hydrogens is 314 g/mol. The van der Waals surface area contributed by atoms with Crippen molar-refractivity contribution in [1.29, 1.82) is 0 Å². The van der Waals surface area contributed by atoms with Crippen molar-refractivity contribution in [2.45, 2.75) is 40.3 Å².